The van der Waals surface area contributed by atoms with E-state index >= 15 is 0 Å². The maximum atomic E-state index is 5.80. The van der Waals surface area contributed by atoms with Crippen molar-refractivity contribution in [3.05, 3.63) is 47.7 Å². The summed E-state index contributed by atoms with van der Waals surface area (Å²) in [5.41, 5.74) is 11.1. The number of nitrogens with two attached hydrogens (primary N) is 1. The molecule has 1 aliphatic rings. The predicted molar refractivity (Wildman–Crippen MR) is 64.3 cm³/mol. The molecule has 2 rings (SSSR count). The molecule has 1 aromatic carbocycles. The summed E-state index contributed by atoms with van der Waals surface area (Å²) < 4.78 is 0. The van der Waals surface area contributed by atoms with Gasteiger partial charge in [-0.2, -0.15) is 0 Å². The highest BCUT2D eigenvalue weighted by Crippen LogP contribution is 2.14. The molecule has 0 saturated carbocycles. The van der Waals surface area contributed by atoms with E-state index in [1.165, 1.54) is 5.56 Å². The van der Waals surface area contributed by atoms with Crippen molar-refractivity contribution < 1.29 is 4.84 Å². The van der Waals surface area contributed by atoms with E-state index in [1.807, 2.05) is 30.3 Å². The van der Waals surface area contributed by atoms with Gasteiger partial charge in [0.15, 0.2) is 0 Å². The van der Waals surface area contributed by atoms with Crippen LogP contribution in [0.4, 0.5) is 0 Å². The van der Waals surface area contributed by atoms with E-state index in [0.717, 1.165) is 25.0 Å². The van der Waals surface area contributed by atoms with Crippen molar-refractivity contribution in [2.75, 3.05) is 0 Å². The molecule has 0 heterocycles. The number of allylic oxidation sites excluding steroid dienone is 1. The summed E-state index contributed by atoms with van der Waals surface area (Å²) in [6, 6.07) is 10.4. The van der Waals surface area contributed by atoms with Crippen molar-refractivity contribution in [1.82, 2.24) is 5.48 Å². The molecule has 1 atom stereocenters. The van der Waals surface area contributed by atoms with Crippen LogP contribution in [0, 0.1) is 0 Å². The Kier molecular flexibility index (Phi) is 3.97. The highest BCUT2D eigenvalue weighted by Gasteiger charge is 2.09. The summed E-state index contributed by atoms with van der Waals surface area (Å²) in [5.74, 6) is 0. The van der Waals surface area contributed by atoms with Crippen molar-refractivity contribution in [1.29, 1.82) is 0 Å². The SMILES string of the molecule is NC1CC=C(NOCc2ccccc2)CC1. The second-order valence-electron chi connectivity index (χ2n) is 4.14. The van der Waals surface area contributed by atoms with Crippen LogP contribution >= 0.6 is 0 Å². The standard InChI is InChI=1S/C13H18N2O/c14-12-6-8-13(9-7-12)15-16-10-11-4-2-1-3-5-11/h1-5,8,12,15H,6-7,9-10,14H2. The predicted octanol–water partition coefficient (Wildman–Crippen LogP) is 2.10. The van der Waals surface area contributed by atoms with Crippen molar-refractivity contribution in [2.24, 2.45) is 5.73 Å². The van der Waals surface area contributed by atoms with Gasteiger partial charge in [-0.25, -0.2) is 0 Å². The zero-order valence-corrected chi connectivity index (χ0v) is 9.36. The van der Waals surface area contributed by atoms with Crippen LogP contribution in [0.1, 0.15) is 24.8 Å². The van der Waals surface area contributed by atoms with Crippen LogP contribution in [-0.4, -0.2) is 6.04 Å². The number of nitrogens with one attached hydrogen (secondary N) is 1. The van der Waals surface area contributed by atoms with Gasteiger partial charge in [0.1, 0.15) is 0 Å². The lowest BCUT2D eigenvalue weighted by Crippen LogP contribution is -2.25. The van der Waals surface area contributed by atoms with Gasteiger partial charge in [-0.15, -0.1) is 0 Å². The van der Waals surface area contributed by atoms with Gasteiger partial charge in [-0.1, -0.05) is 36.4 Å². The first-order valence-electron chi connectivity index (χ1n) is 5.71. The van der Waals surface area contributed by atoms with Crippen LogP contribution in [0.25, 0.3) is 0 Å². The number of hydrogen-bond acceptors (Lipinski definition) is 3. The fourth-order valence-electron chi connectivity index (χ4n) is 1.73. The molecule has 0 amide bonds. The Bertz CT molecular complexity index is 348. The Morgan fingerprint density at radius 2 is 2.12 bits per heavy atom. The molecular weight excluding hydrogens is 200 g/mol. The molecule has 0 spiro atoms. The molecule has 1 aliphatic carbocycles. The van der Waals surface area contributed by atoms with Gasteiger partial charge in [-0.3, -0.25) is 10.3 Å². The molecule has 3 heteroatoms. The monoisotopic (exact) mass is 218 g/mol. The molecule has 1 aromatic rings. The third-order valence-electron chi connectivity index (χ3n) is 2.74. The Hall–Kier alpha value is -1.32. The van der Waals surface area contributed by atoms with Crippen LogP contribution in [0.5, 0.6) is 0 Å². The molecule has 16 heavy (non-hydrogen) atoms. The molecule has 3 N–H and O–H groups in total. The van der Waals surface area contributed by atoms with Gasteiger partial charge >= 0.3 is 0 Å². The highest BCUT2D eigenvalue weighted by molar-refractivity contribution is 5.13. The maximum Gasteiger partial charge on any atom is 0.0996 e. The number of benzene rings is 1. The minimum Gasteiger partial charge on any atom is -0.327 e. The zero-order valence-electron chi connectivity index (χ0n) is 9.36. The second-order valence-corrected chi connectivity index (χ2v) is 4.14. The van der Waals surface area contributed by atoms with Gasteiger partial charge in [0.25, 0.3) is 0 Å². The summed E-state index contributed by atoms with van der Waals surface area (Å²) in [7, 11) is 0. The van der Waals surface area contributed by atoms with Crippen molar-refractivity contribution in [2.45, 2.75) is 31.9 Å². The normalized spacial score (nSPS) is 20.3. The Labute approximate surface area is 96.2 Å². The van der Waals surface area contributed by atoms with Crippen LogP contribution in [0.3, 0.4) is 0 Å². The van der Waals surface area contributed by atoms with Crippen molar-refractivity contribution in [3.8, 4) is 0 Å². The van der Waals surface area contributed by atoms with E-state index in [4.69, 9.17) is 10.6 Å². The van der Waals surface area contributed by atoms with Crippen LogP contribution in [0.15, 0.2) is 42.1 Å². The first-order valence-corrected chi connectivity index (χ1v) is 5.71. The first-order chi connectivity index (χ1) is 7.84. The van der Waals surface area contributed by atoms with E-state index in [2.05, 4.69) is 11.6 Å². The molecule has 3 nitrogen and oxygen atoms in total. The second kappa shape index (κ2) is 5.68. The van der Waals surface area contributed by atoms with Gasteiger partial charge < -0.3 is 5.73 Å². The average Bonchev–Trinajstić information content (AvgIpc) is 2.33. The average molecular weight is 218 g/mol. The summed E-state index contributed by atoms with van der Waals surface area (Å²) in [6.07, 6.45) is 5.08. The summed E-state index contributed by atoms with van der Waals surface area (Å²) in [6.45, 7) is 0.588. The van der Waals surface area contributed by atoms with Crippen LogP contribution in [-0.2, 0) is 11.4 Å². The minimum atomic E-state index is 0.319. The van der Waals surface area contributed by atoms with E-state index < -0.39 is 0 Å². The van der Waals surface area contributed by atoms with E-state index in [-0.39, 0.29) is 0 Å². The summed E-state index contributed by atoms with van der Waals surface area (Å²) in [5, 5.41) is 0. The third-order valence-corrected chi connectivity index (χ3v) is 2.74. The Morgan fingerprint density at radius 1 is 1.31 bits per heavy atom. The molecule has 0 aromatic heterocycles. The largest absolute Gasteiger partial charge is 0.327 e. The Balaban J connectivity index is 1.72. The third kappa shape index (κ3) is 3.36. The molecule has 1 unspecified atom stereocenters. The molecule has 0 radical (unpaired) electrons. The first kappa shape index (κ1) is 11.2. The van der Waals surface area contributed by atoms with E-state index in [0.29, 0.717) is 12.6 Å². The van der Waals surface area contributed by atoms with Gasteiger partial charge in [0.2, 0.25) is 0 Å². The summed E-state index contributed by atoms with van der Waals surface area (Å²) in [4.78, 5) is 5.44. The highest BCUT2D eigenvalue weighted by atomic mass is 16.6. The molecule has 86 valence electrons. The van der Waals surface area contributed by atoms with Gasteiger partial charge in [-0.05, 0) is 24.8 Å². The lowest BCUT2D eigenvalue weighted by atomic mass is 10.0. The van der Waals surface area contributed by atoms with Crippen LogP contribution in [0.2, 0.25) is 0 Å². The maximum absolute atomic E-state index is 5.80. The number of rotatable bonds is 4. The number of hydrogen-bond donors (Lipinski definition) is 2. The Morgan fingerprint density at radius 3 is 2.81 bits per heavy atom. The molecule has 0 aliphatic heterocycles. The fourth-order valence-corrected chi connectivity index (χ4v) is 1.73. The quantitative estimate of drug-likeness (QED) is 0.761. The van der Waals surface area contributed by atoms with Gasteiger partial charge in [0.05, 0.1) is 6.61 Å². The van der Waals surface area contributed by atoms with E-state index in [1.54, 1.807) is 0 Å². The lowest BCUT2D eigenvalue weighted by Gasteiger charge is -2.19. The van der Waals surface area contributed by atoms with E-state index in [9.17, 15) is 0 Å². The number of hydroxylamine groups is 1. The molecular formula is C13H18N2O. The van der Waals surface area contributed by atoms with Crippen molar-refractivity contribution in [3.63, 3.8) is 0 Å². The van der Waals surface area contributed by atoms with Gasteiger partial charge in [0, 0.05) is 11.7 Å². The molecule has 0 fully saturated rings. The zero-order chi connectivity index (χ0) is 11.2. The van der Waals surface area contributed by atoms with Crippen molar-refractivity contribution >= 4 is 0 Å². The molecule has 0 bridgehead atoms. The molecule has 0 saturated heterocycles. The fraction of sp³-hybridized carbons (Fsp3) is 0.385. The topological polar surface area (TPSA) is 47.3 Å². The van der Waals surface area contributed by atoms with Crippen LogP contribution < -0.4 is 11.2 Å². The smallest absolute Gasteiger partial charge is 0.0996 e. The lowest BCUT2D eigenvalue weighted by molar-refractivity contribution is 0.0456. The minimum absolute atomic E-state index is 0.319. The summed E-state index contributed by atoms with van der Waals surface area (Å²) >= 11 is 0.